The molecular weight excluding hydrogens is 306 g/mol. The van der Waals surface area contributed by atoms with E-state index in [1.54, 1.807) is 0 Å². The number of halogens is 1. The quantitative estimate of drug-likeness (QED) is 0.842. The van der Waals surface area contributed by atoms with Gasteiger partial charge < -0.3 is 14.6 Å². The number of aliphatic hydroxyl groups is 1. The van der Waals surface area contributed by atoms with Gasteiger partial charge in [-0.2, -0.15) is 0 Å². The van der Waals surface area contributed by atoms with Crippen molar-refractivity contribution in [3.63, 3.8) is 0 Å². The summed E-state index contributed by atoms with van der Waals surface area (Å²) in [4.78, 5) is -0.0801. The Hall–Kier alpha value is -0.860. The van der Waals surface area contributed by atoms with E-state index >= 15 is 0 Å². The van der Waals surface area contributed by atoms with Crippen molar-refractivity contribution in [1.82, 2.24) is 4.72 Å². The topological polar surface area (TPSA) is 84.9 Å². The van der Waals surface area contributed by atoms with Crippen LogP contribution in [0.2, 0.25) is 5.02 Å². The molecule has 1 atom stereocenters. The van der Waals surface area contributed by atoms with Crippen LogP contribution in [0.4, 0.5) is 0 Å². The first-order valence-electron chi connectivity index (χ1n) is 6.05. The third-order valence-electron chi connectivity index (χ3n) is 3.01. The second kappa shape index (κ2) is 6.28. The standard InChI is InChI=1S/C12H16ClNO5S/c1-18-12-8(6-15)4-9(13)5-11(12)20(16,17)14-10-2-3-19-7-10/h4-5,10,14-15H,2-3,6-7H2,1H3. The Morgan fingerprint density at radius 3 is 2.85 bits per heavy atom. The molecule has 1 aliphatic rings. The molecule has 0 saturated carbocycles. The van der Waals surface area contributed by atoms with Crippen LogP contribution in [0.1, 0.15) is 12.0 Å². The molecule has 0 spiro atoms. The van der Waals surface area contributed by atoms with E-state index in [1.165, 1.54) is 19.2 Å². The van der Waals surface area contributed by atoms with Crippen molar-refractivity contribution in [3.8, 4) is 5.75 Å². The van der Waals surface area contributed by atoms with Crippen molar-refractivity contribution in [2.45, 2.75) is 24.0 Å². The zero-order valence-electron chi connectivity index (χ0n) is 10.9. The summed E-state index contributed by atoms with van der Waals surface area (Å²) in [5, 5.41) is 9.49. The van der Waals surface area contributed by atoms with Gasteiger partial charge in [-0.3, -0.25) is 0 Å². The largest absolute Gasteiger partial charge is 0.495 e. The predicted octanol–water partition coefficient (Wildman–Crippen LogP) is 0.908. The first kappa shape index (κ1) is 15.5. The van der Waals surface area contributed by atoms with E-state index in [4.69, 9.17) is 21.1 Å². The predicted molar refractivity (Wildman–Crippen MR) is 73.5 cm³/mol. The van der Waals surface area contributed by atoms with Gasteiger partial charge in [0.25, 0.3) is 0 Å². The van der Waals surface area contributed by atoms with Crippen molar-refractivity contribution >= 4 is 21.6 Å². The number of methoxy groups -OCH3 is 1. The normalized spacial score (nSPS) is 19.2. The average molecular weight is 322 g/mol. The van der Waals surface area contributed by atoms with Gasteiger partial charge in [0.15, 0.2) is 0 Å². The Morgan fingerprint density at radius 2 is 2.30 bits per heavy atom. The molecule has 1 saturated heterocycles. The molecule has 1 unspecified atom stereocenters. The van der Waals surface area contributed by atoms with Crippen LogP contribution >= 0.6 is 11.6 Å². The lowest BCUT2D eigenvalue weighted by molar-refractivity contribution is 0.192. The minimum absolute atomic E-state index is 0.0801. The summed E-state index contributed by atoms with van der Waals surface area (Å²) in [5.41, 5.74) is 0.322. The lowest BCUT2D eigenvalue weighted by Crippen LogP contribution is -2.35. The van der Waals surface area contributed by atoms with Gasteiger partial charge in [-0.1, -0.05) is 11.6 Å². The molecule has 2 rings (SSSR count). The molecule has 2 N–H and O–H groups in total. The third kappa shape index (κ3) is 3.24. The molecule has 0 radical (unpaired) electrons. The van der Waals surface area contributed by atoms with Crippen LogP contribution in [-0.4, -0.2) is 39.9 Å². The Kier molecular flexibility index (Phi) is 4.87. The molecule has 1 heterocycles. The van der Waals surface area contributed by atoms with Crippen molar-refractivity contribution in [3.05, 3.63) is 22.7 Å². The molecular formula is C12H16ClNO5S. The highest BCUT2D eigenvalue weighted by atomic mass is 35.5. The fraction of sp³-hybridized carbons (Fsp3) is 0.500. The van der Waals surface area contributed by atoms with Crippen LogP contribution in [0.3, 0.4) is 0 Å². The minimum atomic E-state index is -3.79. The molecule has 112 valence electrons. The molecule has 0 aliphatic carbocycles. The van der Waals surface area contributed by atoms with Gasteiger partial charge in [-0.25, -0.2) is 13.1 Å². The van der Waals surface area contributed by atoms with Crippen LogP contribution in [0.15, 0.2) is 17.0 Å². The first-order valence-corrected chi connectivity index (χ1v) is 7.91. The van der Waals surface area contributed by atoms with E-state index in [-0.39, 0.29) is 28.3 Å². The molecule has 0 amide bonds. The lowest BCUT2D eigenvalue weighted by atomic mass is 10.2. The molecule has 0 aromatic heterocycles. The zero-order chi connectivity index (χ0) is 14.8. The Morgan fingerprint density at radius 1 is 1.55 bits per heavy atom. The molecule has 20 heavy (non-hydrogen) atoms. The Labute approximate surface area is 122 Å². The van der Waals surface area contributed by atoms with E-state index in [1.807, 2.05) is 0 Å². The van der Waals surface area contributed by atoms with E-state index < -0.39 is 10.0 Å². The number of hydrogen-bond acceptors (Lipinski definition) is 5. The van der Waals surface area contributed by atoms with E-state index in [2.05, 4.69) is 4.72 Å². The number of nitrogens with one attached hydrogen (secondary N) is 1. The number of sulfonamides is 1. The highest BCUT2D eigenvalue weighted by Gasteiger charge is 2.27. The van der Waals surface area contributed by atoms with Crippen molar-refractivity contribution < 1.29 is 23.0 Å². The zero-order valence-corrected chi connectivity index (χ0v) is 12.5. The van der Waals surface area contributed by atoms with Crippen molar-refractivity contribution in [2.75, 3.05) is 20.3 Å². The second-order valence-corrected chi connectivity index (χ2v) is 6.56. The molecule has 1 aromatic rings. The van der Waals surface area contributed by atoms with Crippen LogP contribution in [-0.2, 0) is 21.4 Å². The maximum atomic E-state index is 12.4. The van der Waals surface area contributed by atoms with Gasteiger partial charge in [0, 0.05) is 23.2 Å². The van der Waals surface area contributed by atoms with Crippen LogP contribution < -0.4 is 9.46 Å². The summed E-state index contributed by atoms with van der Waals surface area (Å²) >= 11 is 5.90. The average Bonchev–Trinajstić information content (AvgIpc) is 2.89. The summed E-state index contributed by atoms with van der Waals surface area (Å²) in [7, 11) is -2.44. The maximum Gasteiger partial charge on any atom is 0.244 e. The Balaban J connectivity index is 2.41. The van der Waals surface area contributed by atoms with Crippen molar-refractivity contribution in [1.29, 1.82) is 0 Å². The molecule has 8 heteroatoms. The fourth-order valence-electron chi connectivity index (χ4n) is 2.08. The number of hydrogen-bond donors (Lipinski definition) is 2. The summed E-state index contributed by atoms with van der Waals surface area (Å²) in [5.74, 6) is 0.100. The van der Waals surface area contributed by atoms with E-state index in [9.17, 15) is 13.5 Å². The van der Waals surface area contributed by atoms with Crippen LogP contribution in [0, 0.1) is 0 Å². The maximum absolute atomic E-state index is 12.4. The molecule has 1 fully saturated rings. The van der Waals surface area contributed by atoms with Gasteiger partial charge in [-0.05, 0) is 18.6 Å². The number of rotatable bonds is 5. The molecule has 6 nitrogen and oxygen atoms in total. The van der Waals surface area contributed by atoms with Gasteiger partial charge >= 0.3 is 0 Å². The molecule has 1 aliphatic heterocycles. The van der Waals surface area contributed by atoms with E-state index in [0.717, 1.165) is 0 Å². The summed E-state index contributed by atoms with van der Waals surface area (Å²) in [6.45, 7) is 0.509. The van der Waals surface area contributed by atoms with Gasteiger partial charge in [0.1, 0.15) is 10.6 Å². The SMILES string of the molecule is COc1c(CO)cc(Cl)cc1S(=O)(=O)NC1CCOC1. The molecule has 1 aromatic carbocycles. The first-order chi connectivity index (χ1) is 9.47. The summed E-state index contributed by atoms with van der Waals surface area (Å²) < 4.78 is 37.6. The van der Waals surface area contributed by atoms with Gasteiger partial charge in [0.05, 0.1) is 20.3 Å². The number of aliphatic hydroxyl groups excluding tert-OH is 1. The summed E-state index contributed by atoms with van der Waals surface area (Å²) in [6, 6.07) is 2.51. The Bertz CT molecular complexity index is 584. The summed E-state index contributed by atoms with van der Waals surface area (Å²) in [6.07, 6.45) is 0.620. The fourth-order valence-corrected chi connectivity index (χ4v) is 3.88. The highest BCUT2D eigenvalue weighted by Crippen LogP contribution is 2.32. The minimum Gasteiger partial charge on any atom is -0.495 e. The van der Waals surface area contributed by atoms with Gasteiger partial charge in [0.2, 0.25) is 10.0 Å². The smallest absolute Gasteiger partial charge is 0.244 e. The third-order valence-corrected chi connectivity index (χ3v) is 4.76. The van der Waals surface area contributed by atoms with Crippen molar-refractivity contribution in [2.24, 2.45) is 0 Å². The van der Waals surface area contributed by atoms with Crippen LogP contribution in [0.25, 0.3) is 0 Å². The lowest BCUT2D eigenvalue weighted by Gasteiger charge is -2.16. The molecule has 0 bridgehead atoms. The number of ether oxygens (including phenoxy) is 2. The number of benzene rings is 1. The van der Waals surface area contributed by atoms with Crippen LogP contribution in [0.5, 0.6) is 5.75 Å². The van der Waals surface area contributed by atoms with E-state index in [0.29, 0.717) is 25.2 Å². The highest BCUT2D eigenvalue weighted by molar-refractivity contribution is 7.89. The second-order valence-electron chi connectivity index (χ2n) is 4.44. The monoisotopic (exact) mass is 321 g/mol. The van der Waals surface area contributed by atoms with Gasteiger partial charge in [-0.15, -0.1) is 0 Å².